The van der Waals surface area contributed by atoms with Gasteiger partial charge >= 0.3 is 0 Å². The third-order valence-electron chi connectivity index (χ3n) is 11.6. The van der Waals surface area contributed by atoms with Gasteiger partial charge in [-0.3, -0.25) is 0 Å². The minimum atomic E-state index is 0.705. The van der Waals surface area contributed by atoms with Crippen LogP contribution in [-0.4, -0.2) is 19.1 Å². The second-order valence-electron chi connectivity index (χ2n) is 15.1. The first-order chi connectivity index (χ1) is 28.6. The minimum Gasteiger partial charge on any atom is -0.309 e. The number of nitrogens with zero attached hydrogens (tertiary/aromatic N) is 4. The van der Waals surface area contributed by atoms with Crippen LogP contribution in [0.2, 0.25) is 0 Å². The molecular weight excluding hydrogens is 705 g/mol. The fourth-order valence-electron chi connectivity index (χ4n) is 8.85. The molecule has 11 rings (SSSR count). The fourth-order valence-corrected chi connectivity index (χ4v) is 8.85. The number of benzene rings is 8. The number of fused-ring (bicyclic) bond motifs is 6. The number of aryl methyl sites for hydroxylation is 1. The lowest BCUT2D eigenvalue weighted by molar-refractivity contribution is 1.13. The molecule has 8 aromatic carbocycles. The zero-order valence-corrected chi connectivity index (χ0v) is 32.3. The Kier molecular flexibility index (Phi) is 7.90. The summed E-state index contributed by atoms with van der Waals surface area (Å²) in [6.07, 6.45) is 0. The van der Waals surface area contributed by atoms with Crippen LogP contribution in [0.4, 0.5) is 0 Å². The van der Waals surface area contributed by atoms with E-state index in [9.17, 15) is 0 Å². The second kappa shape index (κ2) is 13.6. The SMILES string of the molecule is Cc1ccccc1-c1nc(-c2cccc(-n3c4ccccc4c4cc(-c5ccc6c(c5)c5ccccc5n6-c5ccccc5)ccc43)c2)nc(-c2ccccc2)c1C. The molecular formula is C54H38N4. The number of para-hydroxylation sites is 3. The van der Waals surface area contributed by atoms with E-state index in [1.165, 1.54) is 49.3 Å². The van der Waals surface area contributed by atoms with Crippen molar-refractivity contribution in [2.45, 2.75) is 13.8 Å². The molecule has 0 unspecified atom stereocenters. The van der Waals surface area contributed by atoms with E-state index in [0.717, 1.165) is 56.0 Å². The van der Waals surface area contributed by atoms with E-state index < -0.39 is 0 Å². The summed E-state index contributed by atoms with van der Waals surface area (Å²) in [5, 5.41) is 4.92. The zero-order valence-electron chi connectivity index (χ0n) is 32.3. The van der Waals surface area contributed by atoms with Gasteiger partial charge in [0.1, 0.15) is 0 Å². The van der Waals surface area contributed by atoms with Crippen LogP contribution in [0.25, 0.3) is 100 Å². The van der Waals surface area contributed by atoms with Crippen LogP contribution in [0.1, 0.15) is 11.1 Å². The van der Waals surface area contributed by atoms with Gasteiger partial charge in [-0.15, -0.1) is 0 Å². The van der Waals surface area contributed by atoms with E-state index in [0.29, 0.717) is 5.82 Å². The monoisotopic (exact) mass is 742 g/mol. The Morgan fingerprint density at radius 2 is 0.845 bits per heavy atom. The molecule has 0 atom stereocenters. The summed E-state index contributed by atoms with van der Waals surface area (Å²) < 4.78 is 4.75. The van der Waals surface area contributed by atoms with Gasteiger partial charge in [-0.25, -0.2) is 9.97 Å². The molecule has 0 fully saturated rings. The van der Waals surface area contributed by atoms with Gasteiger partial charge in [-0.2, -0.15) is 0 Å². The van der Waals surface area contributed by atoms with Crippen molar-refractivity contribution in [3.63, 3.8) is 0 Å². The van der Waals surface area contributed by atoms with Crippen LogP contribution in [0.3, 0.4) is 0 Å². The Morgan fingerprint density at radius 3 is 1.50 bits per heavy atom. The fraction of sp³-hybridized carbons (Fsp3) is 0.0370. The molecule has 3 heterocycles. The molecule has 4 heteroatoms. The summed E-state index contributed by atoms with van der Waals surface area (Å²) in [5.41, 5.74) is 16.7. The van der Waals surface area contributed by atoms with Gasteiger partial charge in [-0.1, -0.05) is 133 Å². The van der Waals surface area contributed by atoms with E-state index >= 15 is 0 Å². The highest BCUT2D eigenvalue weighted by molar-refractivity contribution is 6.12. The summed E-state index contributed by atoms with van der Waals surface area (Å²) >= 11 is 0. The largest absolute Gasteiger partial charge is 0.309 e. The quantitative estimate of drug-likeness (QED) is 0.170. The molecule has 4 nitrogen and oxygen atoms in total. The molecule has 3 aromatic heterocycles. The summed E-state index contributed by atoms with van der Waals surface area (Å²) in [6, 6.07) is 69.5. The standard InChI is InChI=1S/C54H38N4/c1-35-16-9-10-23-43(35)53-36(2)52(37-17-5-3-6-18-37)55-54(56-53)40-19-15-22-42(32-40)58-49-27-14-12-25-45(49)47-34-39(29-31-51(47)58)38-28-30-50-46(33-38)44-24-11-13-26-48(44)57(50)41-20-7-4-8-21-41/h3-34H,1-2H3. The Hall–Kier alpha value is -7.56. The maximum Gasteiger partial charge on any atom is 0.160 e. The molecule has 0 aliphatic carbocycles. The van der Waals surface area contributed by atoms with Crippen molar-refractivity contribution < 1.29 is 0 Å². The first-order valence-corrected chi connectivity index (χ1v) is 19.8. The Balaban J connectivity index is 1.06. The van der Waals surface area contributed by atoms with Gasteiger partial charge in [0.2, 0.25) is 0 Å². The maximum atomic E-state index is 5.29. The number of hydrogen-bond donors (Lipinski definition) is 0. The van der Waals surface area contributed by atoms with Gasteiger partial charge < -0.3 is 9.13 Å². The summed E-state index contributed by atoms with van der Waals surface area (Å²) in [5.74, 6) is 0.705. The zero-order chi connectivity index (χ0) is 38.7. The molecule has 0 N–H and O–H groups in total. The predicted octanol–water partition coefficient (Wildman–Crippen LogP) is 14.0. The minimum absolute atomic E-state index is 0.705. The van der Waals surface area contributed by atoms with Gasteiger partial charge in [0.25, 0.3) is 0 Å². The summed E-state index contributed by atoms with van der Waals surface area (Å²) in [4.78, 5) is 10.5. The van der Waals surface area contributed by atoms with Crippen LogP contribution in [0.15, 0.2) is 194 Å². The lowest BCUT2D eigenvalue weighted by Crippen LogP contribution is -2.02. The van der Waals surface area contributed by atoms with E-state index in [-0.39, 0.29) is 0 Å². The van der Waals surface area contributed by atoms with Crippen molar-refractivity contribution in [1.82, 2.24) is 19.1 Å². The Bertz CT molecular complexity index is 3350. The molecule has 58 heavy (non-hydrogen) atoms. The predicted molar refractivity (Wildman–Crippen MR) is 242 cm³/mol. The Morgan fingerprint density at radius 1 is 0.345 bits per heavy atom. The molecule has 274 valence electrons. The average molecular weight is 743 g/mol. The number of aromatic nitrogens is 4. The van der Waals surface area contributed by atoms with Crippen LogP contribution < -0.4 is 0 Å². The van der Waals surface area contributed by atoms with Gasteiger partial charge in [0.05, 0.1) is 33.5 Å². The van der Waals surface area contributed by atoms with Crippen molar-refractivity contribution in [2.75, 3.05) is 0 Å². The average Bonchev–Trinajstić information content (AvgIpc) is 3.80. The first kappa shape index (κ1) is 33.8. The third kappa shape index (κ3) is 5.45. The van der Waals surface area contributed by atoms with Gasteiger partial charge in [0, 0.05) is 55.2 Å². The topological polar surface area (TPSA) is 35.6 Å². The molecule has 0 spiro atoms. The molecule has 0 aliphatic rings. The van der Waals surface area contributed by atoms with Crippen molar-refractivity contribution >= 4 is 43.6 Å². The van der Waals surface area contributed by atoms with Crippen LogP contribution in [0.5, 0.6) is 0 Å². The van der Waals surface area contributed by atoms with Gasteiger partial charge in [-0.05, 0) is 91.2 Å². The van der Waals surface area contributed by atoms with Crippen LogP contribution in [0, 0.1) is 13.8 Å². The Labute approximate surface area is 337 Å². The summed E-state index contributed by atoms with van der Waals surface area (Å²) in [6.45, 7) is 4.29. The van der Waals surface area contributed by atoms with E-state index in [1.54, 1.807) is 0 Å². The molecule has 0 amide bonds. The van der Waals surface area contributed by atoms with Crippen molar-refractivity contribution in [2.24, 2.45) is 0 Å². The lowest BCUT2D eigenvalue weighted by atomic mass is 9.98. The van der Waals surface area contributed by atoms with E-state index in [4.69, 9.17) is 9.97 Å². The lowest BCUT2D eigenvalue weighted by Gasteiger charge is -2.16. The third-order valence-corrected chi connectivity index (χ3v) is 11.6. The van der Waals surface area contributed by atoms with E-state index in [2.05, 4.69) is 211 Å². The molecule has 0 aliphatic heterocycles. The summed E-state index contributed by atoms with van der Waals surface area (Å²) in [7, 11) is 0. The molecule has 0 bridgehead atoms. The van der Waals surface area contributed by atoms with Gasteiger partial charge in [0.15, 0.2) is 5.82 Å². The molecule has 0 radical (unpaired) electrons. The second-order valence-corrected chi connectivity index (χ2v) is 15.1. The number of hydrogen-bond acceptors (Lipinski definition) is 2. The van der Waals surface area contributed by atoms with Crippen LogP contribution in [-0.2, 0) is 0 Å². The molecule has 0 saturated carbocycles. The van der Waals surface area contributed by atoms with Crippen molar-refractivity contribution in [3.8, 4) is 56.4 Å². The highest BCUT2D eigenvalue weighted by Gasteiger charge is 2.19. The highest BCUT2D eigenvalue weighted by atomic mass is 15.0. The molecule has 11 aromatic rings. The maximum absolute atomic E-state index is 5.29. The van der Waals surface area contributed by atoms with Crippen LogP contribution >= 0.6 is 0 Å². The first-order valence-electron chi connectivity index (χ1n) is 19.8. The van der Waals surface area contributed by atoms with Crippen molar-refractivity contribution in [1.29, 1.82) is 0 Å². The van der Waals surface area contributed by atoms with E-state index in [1.807, 2.05) is 6.07 Å². The molecule has 0 saturated heterocycles. The smallest absolute Gasteiger partial charge is 0.160 e. The highest BCUT2D eigenvalue weighted by Crippen LogP contribution is 2.39. The normalized spacial score (nSPS) is 11.6. The van der Waals surface area contributed by atoms with Crippen molar-refractivity contribution in [3.05, 3.63) is 205 Å². The number of rotatable bonds is 6.